The van der Waals surface area contributed by atoms with Gasteiger partial charge in [-0.25, -0.2) is 0 Å². The zero-order chi connectivity index (χ0) is 8.69. The molecule has 0 aliphatic carbocycles. The van der Waals surface area contributed by atoms with E-state index < -0.39 is 0 Å². The molecule has 1 aromatic heterocycles. The normalized spacial score (nSPS) is 7.73. The number of carboxylic acid groups (broad SMARTS) is 1. The molecule has 0 aliphatic rings. The van der Waals surface area contributed by atoms with Crippen LogP contribution in [0.5, 0.6) is 0 Å². The van der Waals surface area contributed by atoms with Crippen molar-refractivity contribution in [2.45, 2.75) is 6.92 Å². The van der Waals surface area contributed by atoms with Gasteiger partial charge in [0.05, 0.1) is 11.9 Å². The highest BCUT2D eigenvalue weighted by Crippen LogP contribution is 1.97. The van der Waals surface area contributed by atoms with Crippen molar-refractivity contribution in [1.82, 2.24) is 4.98 Å². The first-order valence-electron chi connectivity index (χ1n) is 2.96. The summed E-state index contributed by atoms with van der Waals surface area (Å²) >= 11 is 0. The molecule has 0 atom stereocenters. The monoisotopic (exact) mass is 154 g/mol. The van der Waals surface area contributed by atoms with Crippen molar-refractivity contribution in [3.8, 4) is 0 Å². The van der Waals surface area contributed by atoms with Crippen molar-refractivity contribution in [1.29, 1.82) is 0 Å². The van der Waals surface area contributed by atoms with E-state index >= 15 is 0 Å². The van der Waals surface area contributed by atoms with Crippen molar-refractivity contribution >= 4 is 12.2 Å². The molecule has 0 fully saturated rings. The van der Waals surface area contributed by atoms with Gasteiger partial charge in [-0.15, -0.1) is 0 Å². The smallest absolute Gasteiger partial charge is 0.290 e. The maximum absolute atomic E-state index is 8.36. The molecule has 11 heavy (non-hydrogen) atoms. The van der Waals surface area contributed by atoms with Gasteiger partial charge in [-0.2, -0.15) is 0 Å². The number of rotatable bonds is 0. The van der Waals surface area contributed by atoms with Crippen LogP contribution in [0.1, 0.15) is 5.69 Å². The van der Waals surface area contributed by atoms with Crippen LogP contribution in [0.25, 0.3) is 0 Å². The summed E-state index contributed by atoms with van der Waals surface area (Å²) < 4.78 is 0. The lowest BCUT2D eigenvalue weighted by Crippen LogP contribution is -1.85. The van der Waals surface area contributed by atoms with E-state index in [1.54, 1.807) is 6.20 Å². The van der Waals surface area contributed by atoms with E-state index in [1.165, 1.54) is 0 Å². The highest BCUT2D eigenvalue weighted by Gasteiger charge is 1.81. The Balaban J connectivity index is 0.000000292. The lowest BCUT2D eigenvalue weighted by atomic mass is 10.4. The van der Waals surface area contributed by atoms with Crippen molar-refractivity contribution in [2.24, 2.45) is 0 Å². The van der Waals surface area contributed by atoms with Gasteiger partial charge >= 0.3 is 0 Å². The summed E-state index contributed by atoms with van der Waals surface area (Å²) in [5, 5.41) is 6.89. The molecule has 0 aliphatic heterocycles. The average Bonchev–Trinajstić information content (AvgIpc) is 1.97. The van der Waals surface area contributed by atoms with Crippen LogP contribution in [0.2, 0.25) is 0 Å². The van der Waals surface area contributed by atoms with Gasteiger partial charge in [0.1, 0.15) is 0 Å². The first kappa shape index (κ1) is 9.42. The minimum atomic E-state index is -0.250. The van der Waals surface area contributed by atoms with Crippen molar-refractivity contribution in [3.63, 3.8) is 0 Å². The predicted molar refractivity (Wildman–Crippen MR) is 42.1 cm³/mol. The fourth-order valence-corrected chi connectivity index (χ4v) is 0.479. The van der Waals surface area contributed by atoms with Gasteiger partial charge in [0.15, 0.2) is 0 Å². The number of aromatic nitrogens is 1. The molecule has 0 amide bonds. The van der Waals surface area contributed by atoms with E-state index in [-0.39, 0.29) is 6.47 Å². The highest BCUT2D eigenvalue weighted by molar-refractivity contribution is 5.34. The number of nitrogens with two attached hydrogens (primary N) is 1. The van der Waals surface area contributed by atoms with Gasteiger partial charge in [0.25, 0.3) is 6.47 Å². The molecule has 0 saturated heterocycles. The van der Waals surface area contributed by atoms with Gasteiger partial charge < -0.3 is 10.8 Å². The van der Waals surface area contributed by atoms with Crippen LogP contribution in [0.3, 0.4) is 0 Å². The number of nitrogens with zero attached hydrogens (tertiary/aromatic N) is 1. The topological polar surface area (TPSA) is 76.2 Å². The Morgan fingerprint density at radius 2 is 2.18 bits per heavy atom. The lowest BCUT2D eigenvalue weighted by molar-refractivity contribution is -0.122. The van der Waals surface area contributed by atoms with Crippen LogP contribution < -0.4 is 5.73 Å². The Labute approximate surface area is 64.7 Å². The maximum Gasteiger partial charge on any atom is 0.290 e. The first-order valence-corrected chi connectivity index (χ1v) is 2.96. The molecular weight excluding hydrogens is 144 g/mol. The zero-order valence-corrected chi connectivity index (χ0v) is 6.19. The van der Waals surface area contributed by atoms with Gasteiger partial charge in [0.2, 0.25) is 0 Å². The summed E-state index contributed by atoms with van der Waals surface area (Å²) in [4.78, 5) is 12.3. The van der Waals surface area contributed by atoms with Crippen LogP contribution in [-0.4, -0.2) is 16.6 Å². The molecule has 4 nitrogen and oxygen atoms in total. The summed E-state index contributed by atoms with van der Waals surface area (Å²) in [6, 6.07) is 3.72. The Bertz CT molecular complexity index is 187. The van der Waals surface area contributed by atoms with Crippen molar-refractivity contribution < 1.29 is 9.90 Å². The van der Waals surface area contributed by atoms with E-state index in [2.05, 4.69) is 4.98 Å². The van der Waals surface area contributed by atoms with Crippen molar-refractivity contribution in [3.05, 3.63) is 24.0 Å². The van der Waals surface area contributed by atoms with E-state index in [9.17, 15) is 0 Å². The first-order chi connectivity index (χ1) is 5.20. The van der Waals surface area contributed by atoms with Crippen LogP contribution in [-0.2, 0) is 4.79 Å². The summed E-state index contributed by atoms with van der Waals surface area (Å²) in [6.45, 7) is 1.68. The molecular formula is C7H10N2O2. The second-order valence-electron chi connectivity index (χ2n) is 1.84. The van der Waals surface area contributed by atoms with Gasteiger partial charge in [-0.05, 0) is 19.1 Å². The Morgan fingerprint density at radius 1 is 1.64 bits per heavy atom. The third-order valence-corrected chi connectivity index (χ3v) is 0.934. The number of hydrogen-bond donors (Lipinski definition) is 2. The average molecular weight is 154 g/mol. The molecule has 0 aromatic carbocycles. The summed E-state index contributed by atoms with van der Waals surface area (Å²) in [7, 11) is 0. The SMILES string of the molecule is Cc1ccc(N)cn1.O=CO. The molecule has 0 radical (unpaired) electrons. The van der Waals surface area contributed by atoms with E-state index in [0.29, 0.717) is 0 Å². The largest absolute Gasteiger partial charge is 0.483 e. The molecule has 1 heterocycles. The second-order valence-corrected chi connectivity index (χ2v) is 1.84. The fourth-order valence-electron chi connectivity index (χ4n) is 0.479. The zero-order valence-electron chi connectivity index (χ0n) is 6.19. The molecule has 1 rings (SSSR count). The number of anilines is 1. The van der Waals surface area contributed by atoms with E-state index in [4.69, 9.17) is 15.6 Å². The quantitative estimate of drug-likeness (QED) is 0.538. The molecule has 4 heteroatoms. The minimum absolute atomic E-state index is 0.250. The van der Waals surface area contributed by atoms with Crippen molar-refractivity contribution in [2.75, 3.05) is 5.73 Å². The van der Waals surface area contributed by atoms with E-state index in [0.717, 1.165) is 11.4 Å². The molecule has 0 unspecified atom stereocenters. The number of hydrogen-bond acceptors (Lipinski definition) is 3. The number of pyridine rings is 1. The maximum atomic E-state index is 8.36. The summed E-state index contributed by atoms with van der Waals surface area (Å²) in [5.41, 5.74) is 7.08. The minimum Gasteiger partial charge on any atom is -0.483 e. The van der Waals surface area contributed by atoms with Crippen LogP contribution >= 0.6 is 0 Å². The van der Waals surface area contributed by atoms with Gasteiger partial charge in [0, 0.05) is 5.69 Å². The Kier molecular flexibility index (Phi) is 4.47. The number of nitrogen functional groups attached to an aromatic ring is 1. The molecule has 1 aromatic rings. The van der Waals surface area contributed by atoms with Crippen LogP contribution in [0.15, 0.2) is 18.3 Å². The number of aryl methyl sites for hydroxylation is 1. The van der Waals surface area contributed by atoms with Gasteiger partial charge in [-0.3, -0.25) is 9.78 Å². The Hall–Kier alpha value is -1.58. The molecule has 0 spiro atoms. The highest BCUT2D eigenvalue weighted by atomic mass is 16.3. The van der Waals surface area contributed by atoms with Gasteiger partial charge in [-0.1, -0.05) is 0 Å². The predicted octanol–water partition coefficient (Wildman–Crippen LogP) is 0.673. The van der Waals surface area contributed by atoms with E-state index in [1.807, 2.05) is 19.1 Å². The summed E-state index contributed by atoms with van der Waals surface area (Å²) in [5.74, 6) is 0. The lowest BCUT2D eigenvalue weighted by Gasteiger charge is -1.89. The fraction of sp³-hybridized carbons (Fsp3) is 0.143. The van der Waals surface area contributed by atoms with Crippen LogP contribution in [0, 0.1) is 6.92 Å². The summed E-state index contributed by atoms with van der Waals surface area (Å²) in [6.07, 6.45) is 1.65. The standard InChI is InChI=1S/C6H8N2.CH2O2/c1-5-2-3-6(7)4-8-5;2-1-3/h2-4H,7H2,1H3;1H,(H,2,3). The third-order valence-electron chi connectivity index (χ3n) is 0.934. The molecule has 60 valence electrons. The third kappa shape index (κ3) is 4.90. The molecule has 3 N–H and O–H groups in total. The second kappa shape index (κ2) is 5.22. The molecule has 0 bridgehead atoms. The number of carbonyl (C=O) groups is 1. The van der Waals surface area contributed by atoms with Crippen LogP contribution in [0.4, 0.5) is 5.69 Å². The Morgan fingerprint density at radius 3 is 2.45 bits per heavy atom. The molecule has 0 saturated carbocycles.